The Morgan fingerprint density at radius 2 is 1.64 bits per heavy atom. The van der Waals surface area contributed by atoms with Gasteiger partial charge in [-0.1, -0.05) is 35.3 Å². The van der Waals surface area contributed by atoms with Crippen molar-refractivity contribution < 1.29 is 19.1 Å². The topological polar surface area (TPSA) is 96.9 Å². The minimum atomic E-state index is -0.982. The predicted molar refractivity (Wildman–Crippen MR) is 131 cm³/mol. The highest BCUT2D eigenvalue weighted by Gasteiger charge is 2.15. The van der Waals surface area contributed by atoms with E-state index in [0.29, 0.717) is 32.1 Å². The number of rotatable bonds is 5. The third-order valence-electron chi connectivity index (χ3n) is 4.28. The van der Waals surface area contributed by atoms with E-state index in [-0.39, 0.29) is 10.7 Å². The van der Waals surface area contributed by atoms with E-state index in [4.69, 9.17) is 27.9 Å². The number of amides is 2. The van der Waals surface area contributed by atoms with Gasteiger partial charge in [0, 0.05) is 9.50 Å². The van der Waals surface area contributed by atoms with Crippen molar-refractivity contribution in [2.45, 2.75) is 6.92 Å². The molecule has 0 saturated carbocycles. The molecule has 0 aliphatic rings. The average Bonchev–Trinajstić information content (AvgIpc) is 2.80. The number of hydrogen-bond acceptors (Lipinski definition) is 5. The first-order chi connectivity index (χ1) is 15.7. The normalized spacial score (nSPS) is 11.0. The maximum absolute atomic E-state index is 12.3. The van der Waals surface area contributed by atoms with E-state index in [9.17, 15) is 14.4 Å². The van der Waals surface area contributed by atoms with Gasteiger partial charge in [-0.2, -0.15) is 5.10 Å². The first-order valence-corrected chi connectivity index (χ1v) is 11.0. The Labute approximate surface area is 207 Å². The van der Waals surface area contributed by atoms with Crippen molar-refractivity contribution in [2.75, 3.05) is 5.32 Å². The molecule has 2 N–H and O–H groups in total. The second-order valence-corrected chi connectivity index (χ2v) is 8.31. The summed E-state index contributed by atoms with van der Waals surface area (Å²) in [6, 6.07) is 17.9. The van der Waals surface area contributed by atoms with E-state index < -0.39 is 17.8 Å². The minimum absolute atomic E-state index is 0.206. The average molecular weight is 549 g/mol. The fourth-order valence-corrected chi connectivity index (χ4v) is 3.36. The molecule has 3 aromatic rings. The smallest absolute Gasteiger partial charge is 0.344 e. The molecule has 0 unspecified atom stereocenters. The lowest BCUT2D eigenvalue weighted by Crippen LogP contribution is -2.33. The van der Waals surface area contributed by atoms with Crippen LogP contribution in [0.3, 0.4) is 0 Å². The fourth-order valence-electron chi connectivity index (χ4n) is 2.58. The molecule has 33 heavy (non-hydrogen) atoms. The molecule has 168 valence electrons. The van der Waals surface area contributed by atoms with E-state index in [1.165, 1.54) is 12.1 Å². The van der Waals surface area contributed by atoms with Gasteiger partial charge in [-0.25, -0.2) is 10.2 Å². The lowest BCUT2D eigenvalue weighted by Gasteiger charge is -2.08. The van der Waals surface area contributed by atoms with Crippen molar-refractivity contribution in [3.05, 3.63) is 92.4 Å². The number of esters is 1. The number of nitrogens with one attached hydrogen (secondary N) is 2. The number of anilines is 1. The zero-order valence-electron chi connectivity index (χ0n) is 17.1. The van der Waals surface area contributed by atoms with E-state index in [0.717, 1.165) is 0 Å². The number of hydrazone groups is 1. The third-order valence-corrected chi connectivity index (χ3v) is 5.54. The summed E-state index contributed by atoms with van der Waals surface area (Å²) in [6.45, 7) is 1.65. The van der Waals surface area contributed by atoms with Crippen LogP contribution in [0.2, 0.25) is 10.0 Å². The molecular formula is C23H16BrCl2N3O4. The zero-order chi connectivity index (χ0) is 24.0. The molecule has 0 aliphatic heterocycles. The summed E-state index contributed by atoms with van der Waals surface area (Å²) in [5.41, 5.74) is 3.87. The van der Waals surface area contributed by atoms with Crippen LogP contribution >= 0.6 is 39.1 Å². The number of carbonyl (C=O) groups excluding carboxylic acids is 3. The monoisotopic (exact) mass is 547 g/mol. The standard InChI is InChI=1S/C23H16BrCl2N3O4/c1-13(28-29-22(31)21(30)27-20-12-15(25)8-11-19(20)26)14-6-9-16(10-7-14)33-23(32)17-4-2-3-5-18(17)24/h2-12H,1H3,(H,27,30)(H,29,31)/b28-13+. The highest BCUT2D eigenvalue weighted by molar-refractivity contribution is 9.10. The Morgan fingerprint density at radius 1 is 0.939 bits per heavy atom. The predicted octanol–water partition coefficient (Wildman–Crippen LogP) is 5.45. The maximum Gasteiger partial charge on any atom is 0.344 e. The van der Waals surface area contributed by atoms with E-state index in [1.54, 1.807) is 61.5 Å². The Balaban J connectivity index is 1.59. The molecule has 3 rings (SSSR count). The molecule has 0 fully saturated rings. The van der Waals surface area contributed by atoms with Gasteiger partial charge in [0.15, 0.2) is 0 Å². The second kappa shape index (κ2) is 11.1. The largest absolute Gasteiger partial charge is 0.423 e. The lowest BCUT2D eigenvalue weighted by molar-refractivity contribution is -0.136. The van der Waals surface area contributed by atoms with Gasteiger partial charge in [0.1, 0.15) is 5.75 Å². The van der Waals surface area contributed by atoms with Crippen LogP contribution in [-0.4, -0.2) is 23.5 Å². The van der Waals surface area contributed by atoms with Crippen LogP contribution in [0.5, 0.6) is 5.75 Å². The molecule has 7 nitrogen and oxygen atoms in total. The molecule has 0 saturated heterocycles. The summed E-state index contributed by atoms with van der Waals surface area (Å²) >= 11 is 15.2. The quantitative estimate of drug-likeness (QED) is 0.145. The summed E-state index contributed by atoms with van der Waals surface area (Å²) in [7, 11) is 0. The van der Waals surface area contributed by atoms with Crippen molar-refractivity contribution in [3.8, 4) is 5.75 Å². The molecule has 0 atom stereocenters. The van der Waals surface area contributed by atoms with E-state index in [1.807, 2.05) is 0 Å². The molecule has 10 heteroatoms. The zero-order valence-corrected chi connectivity index (χ0v) is 20.2. The molecule has 0 aliphatic carbocycles. The number of hydrogen-bond donors (Lipinski definition) is 2. The van der Waals surface area contributed by atoms with Crippen LogP contribution in [0.25, 0.3) is 0 Å². The summed E-state index contributed by atoms with van der Waals surface area (Å²) in [6.07, 6.45) is 0. The van der Waals surface area contributed by atoms with Crippen molar-refractivity contribution in [2.24, 2.45) is 5.10 Å². The van der Waals surface area contributed by atoms with Crippen LogP contribution in [0.4, 0.5) is 5.69 Å². The Bertz CT molecular complexity index is 1250. The highest BCUT2D eigenvalue weighted by Crippen LogP contribution is 2.25. The first-order valence-electron chi connectivity index (χ1n) is 9.42. The number of halogens is 3. The Kier molecular flexibility index (Phi) is 8.21. The maximum atomic E-state index is 12.3. The van der Waals surface area contributed by atoms with Gasteiger partial charge in [-0.15, -0.1) is 0 Å². The van der Waals surface area contributed by atoms with Crippen LogP contribution < -0.4 is 15.5 Å². The van der Waals surface area contributed by atoms with E-state index in [2.05, 4.69) is 31.8 Å². The van der Waals surface area contributed by atoms with Crippen LogP contribution in [0.15, 0.2) is 76.3 Å². The van der Waals surface area contributed by atoms with Crippen molar-refractivity contribution in [3.63, 3.8) is 0 Å². The summed E-state index contributed by atoms with van der Waals surface area (Å²) in [5.74, 6) is -2.10. The van der Waals surface area contributed by atoms with Crippen molar-refractivity contribution >= 4 is 68.3 Å². The number of nitrogens with zero attached hydrogens (tertiary/aromatic N) is 1. The van der Waals surface area contributed by atoms with Gasteiger partial charge >= 0.3 is 17.8 Å². The second-order valence-electron chi connectivity index (χ2n) is 6.61. The number of ether oxygens (including phenoxy) is 1. The SMILES string of the molecule is C/C(=N\NC(=O)C(=O)Nc1cc(Cl)ccc1Cl)c1ccc(OC(=O)c2ccccc2Br)cc1. The fraction of sp³-hybridized carbons (Fsp3) is 0.0435. The van der Waals surface area contributed by atoms with E-state index >= 15 is 0 Å². The summed E-state index contributed by atoms with van der Waals surface area (Å²) in [5, 5.41) is 6.89. The molecule has 0 spiro atoms. The molecule has 0 aromatic heterocycles. The van der Waals surface area contributed by atoms with Crippen LogP contribution in [0.1, 0.15) is 22.8 Å². The molecule has 3 aromatic carbocycles. The van der Waals surface area contributed by atoms with Crippen molar-refractivity contribution in [1.29, 1.82) is 0 Å². The lowest BCUT2D eigenvalue weighted by atomic mass is 10.1. The number of carbonyl (C=O) groups is 3. The molecular weight excluding hydrogens is 533 g/mol. The van der Waals surface area contributed by atoms with Gasteiger partial charge in [-0.05, 0) is 83.0 Å². The number of benzene rings is 3. The minimum Gasteiger partial charge on any atom is -0.423 e. The first kappa shape index (κ1) is 24.4. The molecule has 0 radical (unpaired) electrons. The molecule has 0 heterocycles. The Morgan fingerprint density at radius 3 is 2.33 bits per heavy atom. The van der Waals surface area contributed by atoms with Crippen LogP contribution in [0, 0.1) is 0 Å². The van der Waals surface area contributed by atoms with Crippen LogP contribution in [-0.2, 0) is 9.59 Å². The third kappa shape index (κ3) is 6.64. The molecule has 2 amide bonds. The summed E-state index contributed by atoms with van der Waals surface area (Å²) in [4.78, 5) is 36.4. The Hall–Kier alpha value is -3.20. The van der Waals surface area contributed by atoms with Gasteiger partial charge in [-0.3, -0.25) is 9.59 Å². The summed E-state index contributed by atoms with van der Waals surface area (Å²) < 4.78 is 6.00. The van der Waals surface area contributed by atoms with Gasteiger partial charge in [0.2, 0.25) is 0 Å². The van der Waals surface area contributed by atoms with Gasteiger partial charge < -0.3 is 10.1 Å². The van der Waals surface area contributed by atoms with Gasteiger partial charge in [0.25, 0.3) is 0 Å². The van der Waals surface area contributed by atoms with Gasteiger partial charge in [0.05, 0.1) is 22.0 Å². The highest BCUT2D eigenvalue weighted by atomic mass is 79.9. The molecule has 0 bridgehead atoms. The van der Waals surface area contributed by atoms with Crippen molar-refractivity contribution in [1.82, 2.24) is 5.43 Å².